The van der Waals surface area contributed by atoms with Gasteiger partial charge in [0.1, 0.15) is 5.69 Å². The smallest absolute Gasteiger partial charge is 0.231 e. The molecular weight excluding hydrogens is 464 g/mol. The van der Waals surface area contributed by atoms with E-state index in [2.05, 4.69) is 40.1 Å². The second kappa shape index (κ2) is 9.72. The Morgan fingerprint density at radius 1 is 0.838 bits per heavy atom. The lowest BCUT2D eigenvalue weighted by Crippen LogP contribution is -2.49. The molecule has 2 aromatic heterocycles. The number of piperazine rings is 1. The summed E-state index contributed by atoms with van der Waals surface area (Å²) in [7, 11) is 0. The maximum atomic E-state index is 5.88. The van der Waals surface area contributed by atoms with Crippen molar-refractivity contribution in [2.24, 2.45) is 0 Å². The molecule has 0 N–H and O–H groups in total. The van der Waals surface area contributed by atoms with Gasteiger partial charge in [0.05, 0.1) is 18.1 Å². The van der Waals surface area contributed by atoms with E-state index in [0.717, 1.165) is 78.5 Å². The fourth-order valence-corrected chi connectivity index (χ4v) is 6.04. The predicted molar refractivity (Wildman–Crippen MR) is 142 cm³/mol. The Bertz CT molecular complexity index is 1350. The maximum absolute atomic E-state index is 5.88. The van der Waals surface area contributed by atoms with Crippen molar-refractivity contribution >= 4 is 0 Å². The number of fused-ring (bicyclic) bond motifs is 1. The molecule has 37 heavy (non-hydrogen) atoms. The van der Waals surface area contributed by atoms with Crippen molar-refractivity contribution in [2.45, 2.75) is 38.3 Å². The number of aromatic nitrogens is 2. The molecular formula is C30H32N4O3. The Labute approximate surface area is 217 Å². The first-order valence-electron chi connectivity index (χ1n) is 13.4. The first kappa shape index (κ1) is 22.6. The zero-order valence-electron chi connectivity index (χ0n) is 21.0. The molecule has 2 aromatic carbocycles. The van der Waals surface area contributed by atoms with Gasteiger partial charge in [-0.25, -0.2) is 4.68 Å². The van der Waals surface area contributed by atoms with Gasteiger partial charge in [0, 0.05) is 44.3 Å². The molecule has 7 heteroatoms. The molecule has 0 radical (unpaired) electrons. The largest absolute Gasteiger partial charge is 0.463 e. The number of rotatable bonds is 6. The topological polar surface area (TPSA) is 55.9 Å². The Hall–Kier alpha value is -3.55. The van der Waals surface area contributed by atoms with Crippen molar-refractivity contribution < 1.29 is 13.9 Å². The van der Waals surface area contributed by atoms with Gasteiger partial charge in [-0.15, -0.1) is 0 Å². The van der Waals surface area contributed by atoms with E-state index in [1.54, 1.807) is 6.26 Å². The lowest BCUT2D eigenvalue weighted by Gasteiger charge is -2.38. The van der Waals surface area contributed by atoms with Crippen LogP contribution in [0.15, 0.2) is 71.5 Å². The van der Waals surface area contributed by atoms with Crippen LogP contribution in [-0.2, 0) is 6.54 Å². The highest BCUT2D eigenvalue weighted by Gasteiger charge is 2.27. The summed E-state index contributed by atoms with van der Waals surface area (Å²) in [6.07, 6.45) is 9.29. The van der Waals surface area contributed by atoms with Crippen LogP contribution in [0.25, 0.3) is 28.3 Å². The fraction of sp³-hybridized carbons (Fsp3) is 0.367. The van der Waals surface area contributed by atoms with Crippen LogP contribution in [0.1, 0.15) is 31.2 Å². The highest BCUT2D eigenvalue weighted by Crippen LogP contribution is 2.36. The molecule has 7 rings (SSSR count). The average Bonchev–Trinajstić information content (AvgIpc) is 3.76. The number of ether oxygens (including phenoxy) is 2. The zero-order chi connectivity index (χ0) is 24.6. The van der Waals surface area contributed by atoms with E-state index >= 15 is 0 Å². The molecule has 7 nitrogen and oxygen atoms in total. The second-order valence-electron chi connectivity index (χ2n) is 10.3. The van der Waals surface area contributed by atoms with Gasteiger partial charge in [-0.2, -0.15) is 5.10 Å². The van der Waals surface area contributed by atoms with Crippen LogP contribution in [0.5, 0.6) is 11.5 Å². The lowest BCUT2D eigenvalue weighted by atomic mass is 10.0. The third-order valence-corrected chi connectivity index (χ3v) is 8.06. The highest BCUT2D eigenvalue weighted by atomic mass is 16.7. The summed E-state index contributed by atoms with van der Waals surface area (Å²) in [5.74, 6) is 2.44. The van der Waals surface area contributed by atoms with Crippen molar-refractivity contribution in [2.75, 3.05) is 33.0 Å². The first-order chi connectivity index (χ1) is 18.3. The second-order valence-corrected chi connectivity index (χ2v) is 10.3. The van der Waals surface area contributed by atoms with E-state index in [1.807, 2.05) is 35.1 Å². The summed E-state index contributed by atoms with van der Waals surface area (Å²) in [5.41, 5.74) is 5.45. The van der Waals surface area contributed by atoms with E-state index < -0.39 is 0 Å². The summed E-state index contributed by atoms with van der Waals surface area (Å²) in [5, 5.41) is 4.82. The lowest BCUT2D eigenvalue weighted by molar-refractivity contribution is 0.0938. The maximum Gasteiger partial charge on any atom is 0.231 e. The molecule has 0 atom stereocenters. The van der Waals surface area contributed by atoms with Gasteiger partial charge >= 0.3 is 0 Å². The van der Waals surface area contributed by atoms with Gasteiger partial charge in [-0.1, -0.05) is 31.0 Å². The van der Waals surface area contributed by atoms with E-state index in [9.17, 15) is 0 Å². The standard InChI is InChI=1S/C30H32N4O3/c1-2-5-25(4-1)33-15-13-32(14-16-33)20-24-19-31-34(30(24)28-6-3-17-35-28)26-10-7-22(8-11-26)23-9-12-27-29(18-23)37-21-36-27/h3,6-12,17-19,25H,1-2,4-5,13-16,20-21H2. The normalized spacial score (nSPS) is 18.6. The number of furan rings is 1. The minimum atomic E-state index is 0.283. The summed E-state index contributed by atoms with van der Waals surface area (Å²) < 4.78 is 18.9. The van der Waals surface area contributed by atoms with Gasteiger partial charge in [0.15, 0.2) is 17.3 Å². The molecule has 4 heterocycles. The average molecular weight is 497 g/mol. The summed E-state index contributed by atoms with van der Waals surface area (Å²) in [6.45, 7) is 5.69. The van der Waals surface area contributed by atoms with Crippen LogP contribution in [0.2, 0.25) is 0 Å². The number of hydrogen-bond donors (Lipinski definition) is 0. The molecule has 190 valence electrons. The van der Waals surface area contributed by atoms with Crippen molar-refractivity contribution in [3.8, 4) is 39.8 Å². The van der Waals surface area contributed by atoms with Crippen LogP contribution in [0, 0.1) is 0 Å². The summed E-state index contributed by atoms with van der Waals surface area (Å²) >= 11 is 0. The molecule has 0 amide bonds. The molecule has 1 saturated heterocycles. The highest BCUT2D eigenvalue weighted by molar-refractivity contribution is 5.69. The van der Waals surface area contributed by atoms with Crippen molar-refractivity contribution in [1.82, 2.24) is 19.6 Å². The first-order valence-corrected chi connectivity index (χ1v) is 13.4. The minimum Gasteiger partial charge on any atom is -0.463 e. The summed E-state index contributed by atoms with van der Waals surface area (Å²) in [6, 6.07) is 19.3. The predicted octanol–water partition coefficient (Wildman–Crippen LogP) is 5.59. The van der Waals surface area contributed by atoms with Crippen LogP contribution in [-0.4, -0.2) is 58.6 Å². The number of nitrogens with zero attached hydrogens (tertiary/aromatic N) is 4. The van der Waals surface area contributed by atoms with Gasteiger partial charge < -0.3 is 13.9 Å². The fourth-order valence-electron chi connectivity index (χ4n) is 6.04. The summed E-state index contributed by atoms with van der Waals surface area (Å²) in [4.78, 5) is 5.27. The van der Waals surface area contributed by atoms with Gasteiger partial charge in [0.2, 0.25) is 6.79 Å². The Morgan fingerprint density at radius 2 is 1.62 bits per heavy atom. The van der Waals surface area contributed by atoms with Crippen LogP contribution in [0.3, 0.4) is 0 Å². The monoisotopic (exact) mass is 496 g/mol. The van der Waals surface area contributed by atoms with Gasteiger partial charge in [0.25, 0.3) is 0 Å². The van der Waals surface area contributed by atoms with Gasteiger partial charge in [-0.05, 0) is 60.4 Å². The number of hydrogen-bond acceptors (Lipinski definition) is 6. The Kier molecular flexibility index (Phi) is 5.95. The molecule has 0 unspecified atom stereocenters. The Balaban J connectivity index is 1.12. The van der Waals surface area contributed by atoms with Gasteiger partial charge in [-0.3, -0.25) is 9.80 Å². The van der Waals surface area contributed by atoms with Crippen molar-refractivity contribution in [1.29, 1.82) is 0 Å². The molecule has 0 spiro atoms. The molecule has 2 fully saturated rings. The van der Waals surface area contributed by atoms with E-state index in [4.69, 9.17) is 19.0 Å². The SMILES string of the molecule is c1coc(-c2c(CN3CCN(C4CCCC4)CC3)cnn2-c2ccc(-c3ccc4c(c3)OCO4)cc2)c1. The molecule has 3 aliphatic rings. The Morgan fingerprint density at radius 3 is 2.41 bits per heavy atom. The van der Waals surface area contributed by atoms with Crippen LogP contribution >= 0.6 is 0 Å². The van der Waals surface area contributed by atoms with Crippen LogP contribution < -0.4 is 9.47 Å². The zero-order valence-corrected chi connectivity index (χ0v) is 21.0. The molecule has 0 bridgehead atoms. The third kappa shape index (κ3) is 4.43. The quantitative estimate of drug-likeness (QED) is 0.347. The molecule has 1 aliphatic carbocycles. The van der Waals surface area contributed by atoms with Crippen LogP contribution in [0.4, 0.5) is 0 Å². The third-order valence-electron chi connectivity index (χ3n) is 8.06. The van der Waals surface area contributed by atoms with Crippen molar-refractivity contribution in [3.05, 3.63) is 72.6 Å². The molecule has 1 saturated carbocycles. The molecule has 4 aromatic rings. The molecule has 2 aliphatic heterocycles. The number of benzene rings is 2. The van der Waals surface area contributed by atoms with E-state index in [0.29, 0.717) is 0 Å². The van der Waals surface area contributed by atoms with Crippen molar-refractivity contribution in [3.63, 3.8) is 0 Å². The minimum absolute atomic E-state index is 0.283. The van der Waals surface area contributed by atoms with E-state index in [1.165, 1.54) is 31.2 Å². The van der Waals surface area contributed by atoms with E-state index in [-0.39, 0.29) is 6.79 Å².